The molecule has 5 nitrogen and oxygen atoms in total. The quantitative estimate of drug-likeness (QED) is 0.603. The molecule has 26 heavy (non-hydrogen) atoms. The highest BCUT2D eigenvalue weighted by Crippen LogP contribution is 2.18. The largest absolute Gasteiger partial charge is 0.358 e. The summed E-state index contributed by atoms with van der Waals surface area (Å²) in [4.78, 5) is 12.0. The van der Waals surface area contributed by atoms with Crippen molar-refractivity contribution in [3.63, 3.8) is 0 Å². The highest BCUT2D eigenvalue weighted by Gasteiger charge is 2.07. The third-order valence-electron chi connectivity index (χ3n) is 3.53. The van der Waals surface area contributed by atoms with Crippen LogP contribution in [-0.4, -0.2) is 29.2 Å². The van der Waals surface area contributed by atoms with E-state index in [0.29, 0.717) is 35.2 Å². The zero-order valence-electron chi connectivity index (χ0n) is 13.7. The number of nitrogens with zero attached hydrogens (tertiary/aromatic N) is 2. The Balaban J connectivity index is 1.42. The highest BCUT2D eigenvalue weighted by atomic mass is 35.5. The summed E-state index contributed by atoms with van der Waals surface area (Å²) < 4.78 is 12.9. The third-order valence-corrected chi connectivity index (χ3v) is 4.66. The van der Waals surface area contributed by atoms with Crippen LogP contribution in [0.4, 0.5) is 9.52 Å². The normalized spacial score (nSPS) is 10.5. The van der Waals surface area contributed by atoms with Crippen LogP contribution in [-0.2, 0) is 6.42 Å². The molecular formula is C18H16ClFN4OS. The maximum atomic E-state index is 12.9. The van der Waals surface area contributed by atoms with E-state index in [1.165, 1.54) is 23.5 Å². The van der Waals surface area contributed by atoms with E-state index in [1.54, 1.807) is 36.4 Å². The van der Waals surface area contributed by atoms with Crippen molar-refractivity contribution >= 4 is 34.0 Å². The van der Waals surface area contributed by atoms with E-state index in [4.69, 9.17) is 11.6 Å². The first-order valence-corrected chi connectivity index (χ1v) is 9.14. The summed E-state index contributed by atoms with van der Waals surface area (Å²) in [5.74, 6) is -0.410. The summed E-state index contributed by atoms with van der Waals surface area (Å²) in [6, 6.07) is 13.0. The van der Waals surface area contributed by atoms with Crippen LogP contribution >= 0.6 is 22.9 Å². The van der Waals surface area contributed by atoms with Gasteiger partial charge in [-0.1, -0.05) is 35.1 Å². The topological polar surface area (TPSA) is 66.9 Å². The first-order valence-electron chi connectivity index (χ1n) is 7.94. The molecule has 0 aliphatic heterocycles. The van der Waals surface area contributed by atoms with Crippen LogP contribution in [0.1, 0.15) is 20.9 Å². The summed E-state index contributed by atoms with van der Waals surface area (Å²) >= 11 is 7.24. The number of hydrogen-bond acceptors (Lipinski definition) is 5. The van der Waals surface area contributed by atoms with Gasteiger partial charge < -0.3 is 10.6 Å². The fourth-order valence-electron chi connectivity index (χ4n) is 2.22. The third kappa shape index (κ3) is 5.24. The molecule has 0 aliphatic carbocycles. The molecule has 1 amide bonds. The number of nitrogens with one attached hydrogen (secondary N) is 2. The van der Waals surface area contributed by atoms with Crippen molar-refractivity contribution in [2.24, 2.45) is 0 Å². The van der Waals surface area contributed by atoms with Gasteiger partial charge in [0.15, 0.2) is 0 Å². The van der Waals surface area contributed by atoms with Crippen LogP contribution in [0, 0.1) is 5.82 Å². The molecule has 1 aromatic heterocycles. The van der Waals surface area contributed by atoms with Gasteiger partial charge >= 0.3 is 0 Å². The van der Waals surface area contributed by atoms with Gasteiger partial charge in [0.05, 0.1) is 0 Å². The van der Waals surface area contributed by atoms with E-state index >= 15 is 0 Å². The number of aromatic nitrogens is 2. The van der Waals surface area contributed by atoms with Gasteiger partial charge in [0.2, 0.25) is 5.13 Å². The van der Waals surface area contributed by atoms with E-state index < -0.39 is 0 Å². The number of anilines is 1. The Hall–Kier alpha value is -2.51. The van der Waals surface area contributed by atoms with Crippen molar-refractivity contribution in [2.75, 3.05) is 18.4 Å². The molecule has 2 aromatic carbocycles. The molecule has 2 N–H and O–H groups in total. The molecule has 0 unspecified atom stereocenters. The maximum Gasteiger partial charge on any atom is 0.251 e. The first kappa shape index (κ1) is 18.3. The molecule has 8 heteroatoms. The summed E-state index contributed by atoms with van der Waals surface area (Å²) in [5, 5.41) is 16.2. The zero-order chi connectivity index (χ0) is 18.4. The predicted molar refractivity (Wildman–Crippen MR) is 101 cm³/mol. The SMILES string of the molecule is O=C(NCCNc1nnc(Cc2ccc(F)cc2)s1)c1ccc(Cl)cc1. The van der Waals surface area contributed by atoms with E-state index in [-0.39, 0.29) is 11.7 Å². The van der Waals surface area contributed by atoms with Crippen molar-refractivity contribution in [3.05, 3.63) is 75.5 Å². The van der Waals surface area contributed by atoms with Gasteiger partial charge in [-0.15, -0.1) is 10.2 Å². The van der Waals surface area contributed by atoms with E-state index in [1.807, 2.05) is 0 Å². The minimum absolute atomic E-state index is 0.155. The van der Waals surface area contributed by atoms with Crippen molar-refractivity contribution in [1.82, 2.24) is 15.5 Å². The molecule has 0 bridgehead atoms. The minimum atomic E-state index is -0.256. The Morgan fingerprint density at radius 2 is 1.77 bits per heavy atom. The lowest BCUT2D eigenvalue weighted by Gasteiger charge is -2.05. The monoisotopic (exact) mass is 390 g/mol. The maximum absolute atomic E-state index is 12.9. The average molecular weight is 391 g/mol. The second kappa shape index (κ2) is 8.73. The molecule has 134 valence electrons. The van der Waals surface area contributed by atoms with Crippen LogP contribution in [0.15, 0.2) is 48.5 Å². The van der Waals surface area contributed by atoms with Gasteiger partial charge in [0.1, 0.15) is 10.8 Å². The molecule has 0 aliphatic rings. The molecule has 0 spiro atoms. The zero-order valence-corrected chi connectivity index (χ0v) is 15.3. The fraction of sp³-hybridized carbons (Fsp3) is 0.167. The molecule has 3 aromatic rings. The Kier molecular flexibility index (Phi) is 6.14. The van der Waals surface area contributed by atoms with Gasteiger partial charge in [-0.05, 0) is 42.0 Å². The lowest BCUT2D eigenvalue weighted by molar-refractivity contribution is 0.0955. The van der Waals surface area contributed by atoms with Gasteiger partial charge in [0.25, 0.3) is 5.91 Å². The standard InChI is InChI=1S/C18H16ClFN4OS/c19-14-5-3-13(4-6-14)17(25)21-9-10-22-18-24-23-16(26-18)11-12-1-7-15(20)8-2-12/h1-8H,9-11H2,(H,21,25)(H,22,24). The molecule has 0 fully saturated rings. The van der Waals surface area contributed by atoms with Crippen LogP contribution in [0.25, 0.3) is 0 Å². The predicted octanol–water partition coefficient (Wildman–Crippen LogP) is 3.76. The lowest BCUT2D eigenvalue weighted by atomic mass is 10.2. The van der Waals surface area contributed by atoms with E-state index in [2.05, 4.69) is 20.8 Å². The Morgan fingerprint density at radius 3 is 2.50 bits per heavy atom. The average Bonchev–Trinajstić information content (AvgIpc) is 3.08. The molecule has 0 saturated carbocycles. The van der Waals surface area contributed by atoms with E-state index in [0.717, 1.165) is 10.6 Å². The molecule has 3 rings (SSSR count). The van der Waals surface area contributed by atoms with Crippen molar-refractivity contribution in [3.8, 4) is 0 Å². The summed E-state index contributed by atoms with van der Waals surface area (Å²) in [6.45, 7) is 0.985. The minimum Gasteiger partial charge on any atom is -0.358 e. The van der Waals surface area contributed by atoms with Crippen molar-refractivity contribution < 1.29 is 9.18 Å². The number of halogens is 2. The summed E-state index contributed by atoms with van der Waals surface area (Å²) in [7, 11) is 0. The molecule has 0 saturated heterocycles. The van der Waals surface area contributed by atoms with Crippen LogP contribution < -0.4 is 10.6 Å². The van der Waals surface area contributed by atoms with Crippen LogP contribution in [0.2, 0.25) is 5.02 Å². The van der Waals surface area contributed by atoms with Gasteiger partial charge in [0, 0.05) is 30.1 Å². The van der Waals surface area contributed by atoms with Crippen LogP contribution in [0.5, 0.6) is 0 Å². The fourth-order valence-corrected chi connectivity index (χ4v) is 3.15. The van der Waals surface area contributed by atoms with Gasteiger partial charge in [-0.25, -0.2) is 4.39 Å². The van der Waals surface area contributed by atoms with Crippen LogP contribution in [0.3, 0.4) is 0 Å². The second-order valence-electron chi connectivity index (χ2n) is 5.49. The number of benzene rings is 2. The molecule has 0 radical (unpaired) electrons. The number of amides is 1. The second-order valence-corrected chi connectivity index (χ2v) is 6.99. The Morgan fingerprint density at radius 1 is 1.04 bits per heavy atom. The molecular weight excluding hydrogens is 375 g/mol. The lowest BCUT2D eigenvalue weighted by Crippen LogP contribution is -2.28. The summed E-state index contributed by atoms with van der Waals surface area (Å²) in [6.07, 6.45) is 0.604. The number of carbonyl (C=O) groups excluding carboxylic acids is 1. The number of carbonyl (C=O) groups is 1. The van der Waals surface area contributed by atoms with Gasteiger partial charge in [-0.2, -0.15) is 0 Å². The van der Waals surface area contributed by atoms with Gasteiger partial charge in [-0.3, -0.25) is 4.79 Å². The van der Waals surface area contributed by atoms with Crippen molar-refractivity contribution in [1.29, 1.82) is 0 Å². The highest BCUT2D eigenvalue weighted by molar-refractivity contribution is 7.15. The Labute approximate surface area is 159 Å². The van der Waals surface area contributed by atoms with E-state index in [9.17, 15) is 9.18 Å². The van der Waals surface area contributed by atoms with Crippen molar-refractivity contribution in [2.45, 2.75) is 6.42 Å². The number of hydrogen-bond donors (Lipinski definition) is 2. The Bertz CT molecular complexity index is 868. The molecule has 0 atom stereocenters. The number of rotatable bonds is 7. The summed E-state index contributed by atoms with van der Waals surface area (Å²) in [5.41, 5.74) is 1.54. The first-order chi connectivity index (χ1) is 12.6. The molecule has 1 heterocycles. The smallest absolute Gasteiger partial charge is 0.251 e.